The number of fused-ring (bicyclic) bond motifs is 1. The second-order valence-electron chi connectivity index (χ2n) is 4.11. The van der Waals surface area contributed by atoms with E-state index in [4.69, 9.17) is 0 Å². The molecule has 0 aliphatic rings. The zero-order valence-electron chi connectivity index (χ0n) is 9.81. The molecule has 0 radical (unpaired) electrons. The summed E-state index contributed by atoms with van der Waals surface area (Å²) >= 11 is 0. The number of hydrogen-bond acceptors (Lipinski definition) is 2. The molecule has 0 aromatic carbocycles. The molecule has 1 N–H and O–H groups in total. The van der Waals surface area contributed by atoms with Crippen LogP contribution in [0.25, 0.3) is 5.65 Å². The van der Waals surface area contributed by atoms with Crippen LogP contribution >= 0.6 is 0 Å². The van der Waals surface area contributed by atoms with Crippen LogP contribution < -0.4 is 5.32 Å². The standard InChI is InChI=1S/C13H15N3O/c1-10(2)8-14-13(17)7-11-9-16-6-4-3-5-12(16)15-11/h3-6,9H,1,7-8H2,2H3,(H,14,17). The molecule has 0 aliphatic carbocycles. The Morgan fingerprint density at radius 3 is 3.06 bits per heavy atom. The van der Waals surface area contributed by atoms with Crippen LogP contribution in [0.5, 0.6) is 0 Å². The topological polar surface area (TPSA) is 46.4 Å². The highest BCUT2D eigenvalue weighted by molar-refractivity contribution is 5.78. The van der Waals surface area contributed by atoms with Gasteiger partial charge in [-0.05, 0) is 19.1 Å². The number of rotatable bonds is 4. The van der Waals surface area contributed by atoms with Crippen molar-refractivity contribution < 1.29 is 4.79 Å². The van der Waals surface area contributed by atoms with Crippen molar-refractivity contribution in [2.24, 2.45) is 0 Å². The molecular weight excluding hydrogens is 214 g/mol. The maximum atomic E-state index is 11.6. The molecule has 0 fully saturated rings. The first kappa shape index (κ1) is 11.4. The summed E-state index contributed by atoms with van der Waals surface area (Å²) in [6.45, 7) is 6.13. The minimum atomic E-state index is -0.0311. The van der Waals surface area contributed by atoms with Crippen LogP contribution in [0, 0.1) is 0 Å². The highest BCUT2D eigenvalue weighted by Crippen LogP contribution is 2.04. The maximum absolute atomic E-state index is 11.6. The molecule has 4 heteroatoms. The highest BCUT2D eigenvalue weighted by Gasteiger charge is 2.06. The van der Waals surface area contributed by atoms with Gasteiger partial charge in [0.05, 0.1) is 12.1 Å². The maximum Gasteiger partial charge on any atom is 0.226 e. The average molecular weight is 229 g/mol. The summed E-state index contributed by atoms with van der Waals surface area (Å²) in [5, 5.41) is 2.79. The van der Waals surface area contributed by atoms with Gasteiger partial charge in [-0.2, -0.15) is 0 Å². The predicted octanol–water partition coefficient (Wildman–Crippen LogP) is 1.57. The van der Waals surface area contributed by atoms with E-state index < -0.39 is 0 Å². The van der Waals surface area contributed by atoms with Crippen LogP contribution in [0.2, 0.25) is 0 Å². The van der Waals surface area contributed by atoms with Crippen LogP contribution in [-0.4, -0.2) is 21.8 Å². The minimum Gasteiger partial charge on any atom is -0.352 e. The molecule has 2 rings (SSSR count). The number of amides is 1. The van der Waals surface area contributed by atoms with E-state index in [1.165, 1.54) is 0 Å². The fraction of sp³-hybridized carbons (Fsp3) is 0.231. The molecule has 4 nitrogen and oxygen atoms in total. The number of carbonyl (C=O) groups is 1. The lowest BCUT2D eigenvalue weighted by molar-refractivity contribution is -0.120. The van der Waals surface area contributed by atoms with E-state index >= 15 is 0 Å². The van der Waals surface area contributed by atoms with Gasteiger partial charge in [-0.3, -0.25) is 4.79 Å². The molecule has 0 aliphatic heterocycles. The number of aromatic nitrogens is 2. The third-order valence-corrected chi connectivity index (χ3v) is 2.34. The molecule has 2 aromatic rings. The number of nitrogens with zero attached hydrogens (tertiary/aromatic N) is 2. The molecule has 88 valence electrons. The largest absolute Gasteiger partial charge is 0.352 e. The van der Waals surface area contributed by atoms with E-state index in [1.54, 1.807) is 0 Å². The Kier molecular flexibility index (Phi) is 3.23. The van der Waals surface area contributed by atoms with Crippen LogP contribution in [-0.2, 0) is 11.2 Å². The van der Waals surface area contributed by atoms with Gasteiger partial charge in [-0.1, -0.05) is 18.2 Å². The molecule has 0 atom stereocenters. The van der Waals surface area contributed by atoms with E-state index in [9.17, 15) is 4.79 Å². The Morgan fingerprint density at radius 1 is 1.53 bits per heavy atom. The number of hydrogen-bond donors (Lipinski definition) is 1. The first-order valence-electron chi connectivity index (χ1n) is 5.49. The third-order valence-electron chi connectivity index (χ3n) is 2.34. The number of pyridine rings is 1. The van der Waals surface area contributed by atoms with Gasteiger partial charge in [0, 0.05) is 18.9 Å². The number of carbonyl (C=O) groups excluding carboxylic acids is 1. The molecule has 0 unspecified atom stereocenters. The zero-order valence-corrected chi connectivity index (χ0v) is 9.81. The summed E-state index contributed by atoms with van der Waals surface area (Å²) in [5.41, 5.74) is 2.57. The molecule has 1 amide bonds. The van der Waals surface area contributed by atoms with Gasteiger partial charge in [0.1, 0.15) is 5.65 Å². The predicted molar refractivity (Wildman–Crippen MR) is 66.7 cm³/mol. The molecular formula is C13H15N3O. The second kappa shape index (κ2) is 4.82. The summed E-state index contributed by atoms with van der Waals surface area (Å²) in [7, 11) is 0. The van der Waals surface area contributed by atoms with Gasteiger partial charge in [0.2, 0.25) is 5.91 Å². The summed E-state index contributed by atoms with van der Waals surface area (Å²) < 4.78 is 1.90. The second-order valence-corrected chi connectivity index (χ2v) is 4.11. The van der Waals surface area contributed by atoms with E-state index in [2.05, 4.69) is 16.9 Å². The molecule has 0 spiro atoms. The first-order chi connectivity index (χ1) is 8.15. The van der Waals surface area contributed by atoms with Crippen molar-refractivity contribution >= 4 is 11.6 Å². The third kappa shape index (κ3) is 2.93. The Labute approximate surface area is 100.0 Å². The van der Waals surface area contributed by atoms with Crippen molar-refractivity contribution in [3.63, 3.8) is 0 Å². The smallest absolute Gasteiger partial charge is 0.226 e. The van der Waals surface area contributed by atoms with Crippen LogP contribution in [0.3, 0.4) is 0 Å². The summed E-state index contributed by atoms with van der Waals surface area (Å²) in [4.78, 5) is 16.0. The van der Waals surface area contributed by atoms with Crippen molar-refractivity contribution in [2.75, 3.05) is 6.54 Å². The monoisotopic (exact) mass is 229 g/mol. The highest BCUT2D eigenvalue weighted by atomic mass is 16.1. The first-order valence-corrected chi connectivity index (χ1v) is 5.49. The van der Waals surface area contributed by atoms with Crippen molar-refractivity contribution in [1.29, 1.82) is 0 Å². The summed E-state index contributed by atoms with van der Waals surface area (Å²) in [5.74, 6) is -0.0311. The Bertz CT molecular complexity index is 524. The molecule has 0 bridgehead atoms. The van der Waals surface area contributed by atoms with Gasteiger partial charge in [0.15, 0.2) is 0 Å². The van der Waals surface area contributed by atoms with Crippen molar-refractivity contribution in [3.8, 4) is 0 Å². The van der Waals surface area contributed by atoms with Gasteiger partial charge < -0.3 is 9.72 Å². The quantitative estimate of drug-likeness (QED) is 0.809. The fourth-order valence-corrected chi connectivity index (χ4v) is 1.55. The molecule has 2 aromatic heterocycles. The zero-order chi connectivity index (χ0) is 12.3. The van der Waals surface area contributed by atoms with Gasteiger partial charge >= 0.3 is 0 Å². The Hall–Kier alpha value is -2.10. The fourth-order valence-electron chi connectivity index (χ4n) is 1.55. The van der Waals surface area contributed by atoms with Gasteiger partial charge in [-0.15, -0.1) is 0 Å². The van der Waals surface area contributed by atoms with E-state index in [1.807, 2.05) is 41.9 Å². The van der Waals surface area contributed by atoms with Crippen molar-refractivity contribution in [2.45, 2.75) is 13.3 Å². The van der Waals surface area contributed by atoms with Gasteiger partial charge in [0.25, 0.3) is 0 Å². The minimum absolute atomic E-state index is 0.0311. The van der Waals surface area contributed by atoms with Crippen LogP contribution in [0.4, 0.5) is 0 Å². The Morgan fingerprint density at radius 2 is 2.35 bits per heavy atom. The lowest BCUT2D eigenvalue weighted by Crippen LogP contribution is -2.26. The molecule has 2 heterocycles. The van der Waals surface area contributed by atoms with E-state index in [-0.39, 0.29) is 5.91 Å². The van der Waals surface area contributed by atoms with E-state index in [0.717, 1.165) is 16.9 Å². The normalized spacial score (nSPS) is 10.4. The number of imidazole rings is 1. The SMILES string of the molecule is C=C(C)CNC(=O)Cc1cn2ccccc2n1. The molecule has 17 heavy (non-hydrogen) atoms. The summed E-state index contributed by atoms with van der Waals surface area (Å²) in [6.07, 6.45) is 4.09. The summed E-state index contributed by atoms with van der Waals surface area (Å²) in [6, 6.07) is 5.77. The van der Waals surface area contributed by atoms with Crippen LogP contribution in [0.15, 0.2) is 42.7 Å². The van der Waals surface area contributed by atoms with Crippen molar-refractivity contribution in [1.82, 2.24) is 14.7 Å². The van der Waals surface area contributed by atoms with Crippen molar-refractivity contribution in [3.05, 3.63) is 48.4 Å². The van der Waals surface area contributed by atoms with E-state index in [0.29, 0.717) is 13.0 Å². The molecule has 0 saturated carbocycles. The average Bonchev–Trinajstić information content (AvgIpc) is 2.68. The lowest BCUT2D eigenvalue weighted by Gasteiger charge is -2.02. The number of nitrogens with one attached hydrogen (secondary N) is 1. The van der Waals surface area contributed by atoms with Gasteiger partial charge in [-0.25, -0.2) is 4.98 Å². The Balaban J connectivity index is 2.03. The lowest BCUT2D eigenvalue weighted by atomic mass is 10.3. The van der Waals surface area contributed by atoms with Crippen LogP contribution in [0.1, 0.15) is 12.6 Å². The molecule has 0 saturated heterocycles.